The van der Waals surface area contributed by atoms with Gasteiger partial charge in [0.25, 0.3) is 12.3 Å². The third-order valence-electron chi connectivity index (χ3n) is 2.11. The lowest BCUT2D eigenvalue weighted by atomic mass is 10.4. The fraction of sp³-hybridized carbons (Fsp3) is 0.400. The molecule has 2 aromatic heterocycles. The van der Waals surface area contributed by atoms with Gasteiger partial charge in [0.15, 0.2) is 17.3 Å². The number of ether oxygens (including phenoxy) is 1. The molecule has 102 valence electrons. The first-order chi connectivity index (χ1) is 9.16. The Kier molecular flexibility index (Phi) is 4.29. The Morgan fingerprint density at radius 2 is 2.11 bits per heavy atom. The van der Waals surface area contributed by atoms with E-state index < -0.39 is 13.0 Å². The summed E-state index contributed by atoms with van der Waals surface area (Å²) in [6.07, 6.45) is 0.659. The number of alkyl halides is 2. The summed E-state index contributed by atoms with van der Waals surface area (Å²) in [7, 11) is 0. The van der Waals surface area contributed by atoms with Gasteiger partial charge < -0.3 is 15.0 Å². The third kappa shape index (κ3) is 3.65. The van der Waals surface area contributed by atoms with Crippen molar-refractivity contribution in [3.05, 3.63) is 18.2 Å². The zero-order valence-electron chi connectivity index (χ0n) is 9.79. The molecule has 2 heterocycles. The van der Waals surface area contributed by atoms with Gasteiger partial charge in [0.05, 0.1) is 6.61 Å². The number of hydrogen-bond acceptors (Lipinski definition) is 7. The molecule has 0 fully saturated rings. The number of rotatable bonds is 6. The summed E-state index contributed by atoms with van der Waals surface area (Å²) < 4.78 is 33.3. The van der Waals surface area contributed by atoms with Gasteiger partial charge in [0, 0.05) is 18.8 Å². The Bertz CT molecular complexity index is 534. The second-order valence-electron chi connectivity index (χ2n) is 3.52. The highest BCUT2D eigenvalue weighted by molar-refractivity contribution is 5.61. The van der Waals surface area contributed by atoms with Gasteiger partial charge in [-0.15, -0.1) is 0 Å². The zero-order chi connectivity index (χ0) is 13.7. The van der Waals surface area contributed by atoms with Gasteiger partial charge in [0.1, 0.15) is 6.61 Å². The molecule has 0 spiro atoms. The van der Waals surface area contributed by atoms with Crippen LogP contribution in [0.25, 0.3) is 11.6 Å². The highest BCUT2D eigenvalue weighted by Gasteiger charge is 2.13. The Morgan fingerprint density at radius 3 is 2.84 bits per heavy atom. The van der Waals surface area contributed by atoms with E-state index in [1.165, 1.54) is 12.4 Å². The van der Waals surface area contributed by atoms with Crippen LogP contribution in [0, 0.1) is 0 Å². The summed E-state index contributed by atoms with van der Waals surface area (Å²) in [5.74, 6) is 0.635. The number of nitrogens with two attached hydrogens (primary N) is 1. The fourth-order valence-electron chi connectivity index (χ4n) is 1.30. The predicted molar refractivity (Wildman–Crippen MR) is 60.3 cm³/mol. The Morgan fingerprint density at radius 1 is 1.32 bits per heavy atom. The highest BCUT2D eigenvalue weighted by Crippen LogP contribution is 2.18. The van der Waals surface area contributed by atoms with Crippen molar-refractivity contribution in [2.45, 2.75) is 12.8 Å². The van der Waals surface area contributed by atoms with Crippen LogP contribution in [0.2, 0.25) is 0 Å². The minimum atomic E-state index is -2.49. The van der Waals surface area contributed by atoms with E-state index in [1.54, 1.807) is 0 Å². The van der Waals surface area contributed by atoms with Crippen LogP contribution in [0.3, 0.4) is 0 Å². The first-order valence-corrected chi connectivity index (χ1v) is 5.42. The van der Waals surface area contributed by atoms with Gasteiger partial charge in [-0.3, -0.25) is 0 Å². The number of halogens is 2. The average Bonchev–Trinajstić information content (AvgIpc) is 2.83. The Hall–Kier alpha value is -2.16. The lowest BCUT2D eigenvalue weighted by Gasteiger charge is -1.99. The van der Waals surface area contributed by atoms with E-state index >= 15 is 0 Å². The van der Waals surface area contributed by atoms with Gasteiger partial charge in [-0.25, -0.2) is 18.7 Å². The molecule has 2 N–H and O–H groups in total. The van der Waals surface area contributed by atoms with Crippen LogP contribution in [0.15, 0.2) is 16.9 Å². The van der Waals surface area contributed by atoms with Gasteiger partial charge in [-0.05, 0) is 0 Å². The van der Waals surface area contributed by atoms with Crippen molar-refractivity contribution < 1.29 is 18.0 Å². The molecule has 0 bridgehead atoms. The van der Waals surface area contributed by atoms with Crippen LogP contribution in [-0.2, 0) is 11.2 Å². The quantitative estimate of drug-likeness (QED) is 0.780. The van der Waals surface area contributed by atoms with E-state index in [9.17, 15) is 8.78 Å². The lowest BCUT2D eigenvalue weighted by Crippen LogP contribution is -2.07. The molecule has 0 aliphatic heterocycles. The molecule has 7 nitrogen and oxygen atoms in total. The van der Waals surface area contributed by atoms with Crippen molar-refractivity contribution in [3.8, 4) is 11.6 Å². The SMILES string of the molecule is Nc1nccnc1-c1nc(CCOCC(F)F)no1. The van der Waals surface area contributed by atoms with Gasteiger partial charge in [0.2, 0.25) is 0 Å². The van der Waals surface area contributed by atoms with Gasteiger partial charge in [-0.2, -0.15) is 4.98 Å². The van der Waals surface area contributed by atoms with Crippen LogP contribution >= 0.6 is 0 Å². The molecule has 9 heteroatoms. The minimum absolute atomic E-state index is 0.0826. The molecule has 0 aliphatic carbocycles. The average molecular weight is 271 g/mol. The maximum absolute atomic E-state index is 11.8. The van der Waals surface area contributed by atoms with E-state index in [0.717, 1.165) is 0 Å². The fourth-order valence-corrected chi connectivity index (χ4v) is 1.30. The normalized spacial score (nSPS) is 11.1. The summed E-state index contributed by atoms with van der Waals surface area (Å²) in [4.78, 5) is 11.8. The topological polar surface area (TPSA) is 100.0 Å². The highest BCUT2D eigenvalue weighted by atomic mass is 19.3. The predicted octanol–water partition coefficient (Wildman–Crippen LogP) is 0.933. The molecule has 0 aromatic carbocycles. The van der Waals surface area contributed by atoms with Crippen LogP contribution < -0.4 is 5.73 Å². The Labute approximate surface area is 106 Å². The van der Waals surface area contributed by atoms with E-state index in [0.29, 0.717) is 5.82 Å². The number of hydrogen-bond donors (Lipinski definition) is 1. The molecular formula is C10H11F2N5O2. The smallest absolute Gasteiger partial charge is 0.280 e. The van der Waals surface area contributed by atoms with Crippen molar-refractivity contribution in [1.82, 2.24) is 20.1 Å². The molecule has 0 saturated carbocycles. The molecule has 2 rings (SSSR count). The van der Waals surface area contributed by atoms with Crippen molar-refractivity contribution in [1.29, 1.82) is 0 Å². The molecule has 0 unspecified atom stereocenters. The van der Waals surface area contributed by atoms with Crippen molar-refractivity contribution >= 4 is 5.82 Å². The maximum atomic E-state index is 11.8. The molecular weight excluding hydrogens is 260 g/mol. The van der Waals surface area contributed by atoms with E-state index in [2.05, 4.69) is 20.1 Å². The maximum Gasteiger partial charge on any atom is 0.280 e. The number of aromatic nitrogens is 4. The van der Waals surface area contributed by atoms with E-state index in [4.69, 9.17) is 15.0 Å². The summed E-state index contributed by atoms with van der Waals surface area (Å²) in [5.41, 5.74) is 5.89. The molecule has 0 radical (unpaired) electrons. The van der Waals surface area contributed by atoms with Crippen LogP contribution in [0.5, 0.6) is 0 Å². The Balaban J connectivity index is 1.94. The summed E-state index contributed by atoms with van der Waals surface area (Å²) in [5, 5.41) is 3.67. The molecule has 0 atom stereocenters. The summed E-state index contributed by atoms with van der Waals surface area (Å²) >= 11 is 0. The molecule has 2 aromatic rings. The monoisotopic (exact) mass is 271 g/mol. The van der Waals surface area contributed by atoms with Crippen LogP contribution in [0.1, 0.15) is 5.82 Å². The molecule has 19 heavy (non-hydrogen) atoms. The van der Waals surface area contributed by atoms with Crippen LogP contribution in [0.4, 0.5) is 14.6 Å². The first-order valence-electron chi connectivity index (χ1n) is 5.42. The van der Waals surface area contributed by atoms with E-state index in [1.807, 2.05) is 0 Å². The van der Waals surface area contributed by atoms with Gasteiger partial charge >= 0.3 is 0 Å². The van der Waals surface area contributed by atoms with Crippen LogP contribution in [-0.4, -0.2) is 39.7 Å². The first kappa shape index (κ1) is 13.3. The molecule has 0 aliphatic rings. The van der Waals surface area contributed by atoms with Crippen molar-refractivity contribution in [2.75, 3.05) is 18.9 Å². The second-order valence-corrected chi connectivity index (χ2v) is 3.52. The zero-order valence-corrected chi connectivity index (χ0v) is 9.79. The number of anilines is 1. The van der Waals surface area contributed by atoms with Gasteiger partial charge in [-0.1, -0.05) is 5.16 Å². The number of nitrogen functional groups attached to an aromatic ring is 1. The standard InChI is InChI=1S/C10H11F2N5O2/c11-6(12)5-18-4-1-7-16-10(19-17-7)8-9(13)15-3-2-14-8/h2-3,6H,1,4-5H2,(H2,13,15). The number of nitrogens with zero attached hydrogens (tertiary/aromatic N) is 4. The largest absolute Gasteiger partial charge is 0.382 e. The minimum Gasteiger partial charge on any atom is -0.382 e. The molecule has 0 amide bonds. The summed E-state index contributed by atoms with van der Waals surface area (Å²) in [6.45, 7) is -0.527. The summed E-state index contributed by atoms with van der Waals surface area (Å²) in [6, 6.07) is 0. The van der Waals surface area contributed by atoms with Crippen molar-refractivity contribution in [3.63, 3.8) is 0 Å². The van der Waals surface area contributed by atoms with E-state index in [-0.39, 0.29) is 30.4 Å². The molecule has 0 saturated heterocycles. The third-order valence-corrected chi connectivity index (χ3v) is 2.11. The second kappa shape index (κ2) is 6.14. The van der Waals surface area contributed by atoms with Crippen molar-refractivity contribution in [2.24, 2.45) is 0 Å². The lowest BCUT2D eigenvalue weighted by molar-refractivity contribution is 0.0182.